The van der Waals surface area contributed by atoms with Crippen molar-refractivity contribution in [3.63, 3.8) is 0 Å². The zero-order valence-corrected chi connectivity index (χ0v) is 13.6. The molecule has 1 N–H and O–H groups in total. The first kappa shape index (κ1) is 16.9. The Balaban J connectivity index is 2.44. The molecule has 1 aromatic rings. The lowest BCUT2D eigenvalue weighted by Gasteiger charge is -2.34. The lowest BCUT2D eigenvalue weighted by atomic mass is 9.88. The summed E-state index contributed by atoms with van der Waals surface area (Å²) < 4.78 is 16.1. The van der Waals surface area contributed by atoms with Gasteiger partial charge in [0.25, 0.3) is 0 Å². The second-order valence-corrected chi connectivity index (χ2v) is 5.68. The van der Waals surface area contributed by atoms with E-state index in [-0.39, 0.29) is 0 Å². The average molecular weight is 329 g/mol. The molecule has 2 rings (SSSR count). The number of alkyl halides is 1. The van der Waals surface area contributed by atoms with E-state index >= 15 is 0 Å². The van der Waals surface area contributed by atoms with E-state index in [1.165, 1.54) is 7.11 Å². The number of benzene rings is 1. The number of aliphatic hydroxyl groups is 1. The van der Waals surface area contributed by atoms with Crippen LogP contribution in [0.3, 0.4) is 0 Å². The predicted molar refractivity (Wildman–Crippen MR) is 82.7 cm³/mol. The molecule has 0 aliphatic carbocycles. The van der Waals surface area contributed by atoms with Gasteiger partial charge in [-0.1, -0.05) is 6.07 Å². The van der Waals surface area contributed by atoms with Crippen LogP contribution in [0.25, 0.3) is 0 Å². The standard InChI is InChI=1S/C16H21ClO5/c1-20-12-6-4-11-5-7-14(18)16(8-3-9-17,15(19)21-2)22-13(11)10-12/h4,6,10,14,18H,3,5,7-9H2,1-2H3/t14-,16+/m1/s1. The summed E-state index contributed by atoms with van der Waals surface area (Å²) in [4.78, 5) is 12.3. The number of fused-ring (bicyclic) bond motifs is 1. The van der Waals surface area contributed by atoms with Gasteiger partial charge in [-0.3, -0.25) is 0 Å². The molecule has 0 spiro atoms. The van der Waals surface area contributed by atoms with Gasteiger partial charge in [-0.2, -0.15) is 0 Å². The average Bonchev–Trinajstić information content (AvgIpc) is 2.69. The third-order valence-corrected chi connectivity index (χ3v) is 4.27. The van der Waals surface area contributed by atoms with Crippen LogP contribution >= 0.6 is 11.6 Å². The monoisotopic (exact) mass is 328 g/mol. The second-order valence-electron chi connectivity index (χ2n) is 5.30. The van der Waals surface area contributed by atoms with Gasteiger partial charge in [0.2, 0.25) is 5.60 Å². The second kappa shape index (κ2) is 7.20. The number of halogens is 1. The highest BCUT2D eigenvalue weighted by Gasteiger charge is 2.49. The van der Waals surface area contributed by atoms with Gasteiger partial charge in [-0.05, 0) is 30.9 Å². The zero-order valence-electron chi connectivity index (χ0n) is 12.8. The van der Waals surface area contributed by atoms with Gasteiger partial charge in [-0.15, -0.1) is 11.6 Å². The number of aliphatic hydroxyl groups excluding tert-OH is 1. The lowest BCUT2D eigenvalue weighted by Crippen LogP contribution is -2.54. The van der Waals surface area contributed by atoms with E-state index in [0.29, 0.717) is 43.1 Å². The molecule has 5 nitrogen and oxygen atoms in total. The Morgan fingerprint density at radius 3 is 2.91 bits per heavy atom. The van der Waals surface area contributed by atoms with Crippen molar-refractivity contribution in [2.45, 2.75) is 37.4 Å². The van der Waals surface area contributed by atoms with E-state index < -0.39 is 17.7 Å². The Morgan fingerprint density at radius 2 is 2.27 bits per heavy atom. The number of carbonyl (C=O) groups is 1. The van der Waals surface area contributed by atoms with Crippen LogP contribution in [-0.4, -0.2) is 42.9 Å². The Morgan fingerprint density at radius 1 is 1.50 bits per heavy atom. The van der Waals surface area contributed by atoms with Crippen molar-refractivity contribution in [2.75, 3.05) is 20.1 Å². The number of carbonyl (C=O) groups excluding carboxylic acids is 1. The fourth-order valence-electron chi connectivity index (χ4n) is 2.75. The number of ether oxygens (including phenoxy) is 3. The molecule has 1 aliphatic heterocycles. The zero-order chi connectivity index (χ0) is 16.2. The largest absolute Gasteiger partial charge is 0.497 e. The van der Waals surface area contributed by atoms with E-state index in [4.69, 9.17) is 25.8 Å². The van der Waals surface area contributed by atoms with Crippen LogP contribution in [0.15, 0.2) is 18.2 Å². The highest BCUT2D eigenvalue weighted by atomic mass is 35.5. The minimum atomic E-state index is -1.43. The van der Waals surface area contributed by atoms with Gasteiger partial charge >= 0.3 is 5.97 Å². The number of methoxy groups -OCH3 is 2. The van der Waals surface area contributed by atoms with Gasteiger partial charge in [0, 0.05) is 18.4 Å². The van der Waals surface area contributed by atoms with Gasteiger partial charge in [0.05, 0.1) is 14.2 Å². The van der Waals surface area contributed by atoms with Crippen molar-refractivity contribution in [2.24, 2.45) is 0 Å². The van der Waals surface area contributed by atoms with Crippen molar-refractivity contribution in [1.82, 2.24) is 0 Å². The fraction of sp³-hybridized carbons (Fsp3) is 0.562. The van der Waals surface area contributed by atoms with Crippen molar-refractivity contribution >= 4 is 17.6 Å². The summed E-state index contributed by atoms with van der Waals surface area (Å²) in [5.74, 6) is 0.961. The van der Waals surface area contributed by atoms with Crippen molar-refractivity contribution in [1.29, 1.82) is 0 Å². The predicted octanol–water partition coefficient (Wildman–Crippen LogP) is 2.31. The third kappa shape index (κ3) is 3.15. The summed E-state index contributed by atoms with van der Waals surface area (Å²) in [6.07, 6.45) is 0.895. The van der Waals surface area contributed by atoms with Crippen LogP contribution in [0.2, 0.25) is 0 Å². The molecular weight excluding hydrogens is 308 g/mol. The topological polar surface area (TPSA) is 65.0 Å². The van der Waals surface area contributed by atoms with E-state index in [9.17, 15) is 9.90 Å². The molecule has 6 heteroatoms. The van der Waals surface area contributed by atoms with Gasteiger partial charge < -0.3 is 19.3 Å². The Hall–Kier alpha value is -1.46. The Kier molecular flexibility index (Phi) is 5.53. The van der Waals surface area contributed by atoms with Gasteiger partial charge in [0.15, 0.2) is 0 Å². The number of aryl methyl sites for hydroxylation is 1. The van der Waals surface area contributed by atoms with Crippen molar-refractivity contribution < 1.29 is 24.1 Å². The molecule has 1 heterocycles. The maximum atomic E-state index is 12.3. The fourth-order valence-corrected chi connectivity index (χ4v) is 2.89. The van der Waals surface area contributed by atoms with Gasteiger partial charge in [-0.25, -0.2) is 4.79 Å². The molecule has 22 heavy (non-hydrogen) atoms. The number of hydrogen-bond donors (Lipinski definition) is 1. The smallest absolute Gasteiger partial charge is 0.352 e. The van der Waals surface area contributed by atoms with Crippen LogP contribution in [0.1, 0.15) is 24.8 Å². The molecule has 0 aromatic heterocycles. The first-order valence-corrected chi connectivity index (χ1v) is 7.79. The Labute approximate surface area is 135 Å². The molecule has 0 amide bonds. The van der Waals surface area contributed by atoms with Crippen molar-refractivity contribution in [3.8, 4) is 11.5 Å². The summed E-state index contributed by atoms with van der Waals surface area (Å²) in [7, 11) is 2.85. The molecule has 0 bridgehead atoms. The quantitative estimate of drug-likeness (QED) is 0.663. The summed E-state index contributed by atoms with van der Waals surface area (Å²) in [6.45, 7) is 0. The summed E-state index contributed by atoms with van der Waals surface area (Å²) in [6, 6.07) is 5.44. The number of hydrogen-bond acceptors (Lipinski definition) is 5. The molecule has 1 aliphatic rings. The molecule has 0 unspecified atom stereocenters. The molecule has 0 saturated carbocycles. The maximum absolute atomic E-state index is 12.3. The molecule has 1 aromatic carbocycles. The summed E-state index contributed by atoms with van der Waals surface area (Å²) >= 11 is 5.76. The molecule has 0 fully saturated rings. The van der Waals surface area contributed by atoms with Crippen molar-refractivity contribution in [3.05, 3.63) is 23.8 Å². The number of rotatable bonds is 5. The SMILES string of the molecule is COC(=O)[C@@]1(CCCCl)Oc2cc(OC)ccc2CC[C@H]1O. The molecular formula is C16H21ClO5. The van der Waals surface area contributed by atoms with Crippen LogP contribution in [-0.2, 0) is 16.0 Å². The number of esters is 1. The van der Waals surface area contributed by atoms with Crippen LogP contribution in [0.5, 0.6) is 11.5 Å². The molecule has 122 valence electrons. The van der Waals surface area contributed by atoms with Gasteiger partial charge in [0.1, 0.15) is 17.6 Å². The van der Waals surface area contributed by atoms with Crippen LogP contribution in [0.4, 0.5) is 0 Å². The van der Waals surface area contributed by atoms with Crippen LogP contribution < -0.4 is 9.47 Å². The highest BCUT2D eigenvalue weighted by molar-refractivity contribution is 6.17. The third-order valence-electron chi connectivity index (χ3n) is 4.00. The van der Waals surface area contributed by atoms with E-state index in [2.05, 4.69) is 0 Å². The minimum Gasteiger partial charge on any atom is -0.497 e. The van der Waals surface area contributed by atoms with E-state index in [1.807, 2.05) is 12.1 Å². The Bertz CT molecular complexity index is 533. The molecule has 0 radical (unpaired) electrons. The first-order valence-electron chi connectivity index (χ1n) is 7.25. The molecule has 0 saturated heterocycles. The highest BCUT2D eigenvalue weighted by Crippen LogP contribution is 2.37. The summed E-state index contributed by atoms with van der Waals surface area (Å²) in [5, 5.41) is 10.5. The normalized spacial score (nSPS) is 23.9. The van der Waals surface area contributed by atoms with E-state index in [1.54, 1.807) is 13.2 Å². The minimum absolute atomic E-state index is 0.293. The van der Waals surface area contributed by atoms with Crippen LogP contribution in [0, 0.1) is 0 Å². The first-order chi connectivity index (χ1) is 10.6. The summed E-state index contributed by atoms with van der Waals surface area (Å²) in [5.41, 5.74) is -0.502. The maximum Gasteiger partial charge on any atom is 0.352 e. The lowest BCUT2D eigenvalue weighted by molar-refractivity contribution is -0.171. The van der Waals surface area contributed by atoms with E-state index in [0.717, 1.165) is 5.56 Å². The molecule has 2 atom stereocenters.